The Morgan fingerprint density at radius 3 is 2.83 bits per heavy atom. The molecule has 0 bridgehead atoms. The summed E-state index contributed by atoms with van der Waals surface area (Å²) in [6, 6.07) is 14.4. The molecule has 0 amide bonds. The molecule has 0 spiro atoms. The molecule has 114 valence electrons. The van der Waals surface area contributed by atoms with E-state index in [1.165, 1.54) is 0 Å². The normalized spacial score (nSPS) is 12.4. The molecule has 0 saturated heterocycles. The zero-order valence-electron chi connectivity index (χ0n) is 12.5. The summed E-state index contributed by atoms with van der Waals surface area (Å²) in [5, 5.41) is 12.4. The average molecular weight is 305 g/mol. The van der Waals surface area contributed by atoms with Gasteiger partial charge in [0.15, 0.2) is 0 Å². The van der Waals surface area contributed by atoms with Crippen LogP contribution in [0.4, 0.5) is 6.01 Å². The van der Waals surface area contributed by atoms with Crippen LogP contribution in [-0.4, -0.2) is 20.2 Å². The van der Waals surface area contributed by atoms with Crippen molar-refractivity contribution in [2.45, 2.75) is 13.0 Å². The third-order valence-corrected chi connectivity index (χ3v) is 3.75. The molecular weight excluding hydrogens is 290 g/mol. The maximum absolute atomic E-state index is 5.75. The number of hydrogen-bond donors (Lipinski definition) is 2. The van der Waals surface area contributed by atoms with Crippen LogP contribution in [0.5, 0.6) is 0 Å². The molecule has 1 atom stereocenters. The van der Waals surface area contributed by atoms with Gasteiger partial charge in [0.05, 0.1) is 11.6 Å². The number of benzene rings is 1. The predicted octanol–water partition coefficient (Wildman–Crippen LogP) is 3.79. The summed E-state index contributed by atoms with van der Waals surface area (Å²) < 4.78 is 5.75. The third kappa shape index (κ3) is 2.55. The lowest BCUT2D eigenvalue weighted by molar-refractivity contribution is 0.574. The number of hydrogen-bond acceptors (Lipinski definition) is 5. The highest BCUT2D eigenvalue weighted by Crippen LogP contribution is 2.28. The van der Waals surface area contributed by atoms with E-state index >= 15 is 0 Å². The smallest absolute Gasteiger partial charge is 0.316 e. The Kier molecular flexibility index (Phi) is 3.27. The highest BCUT2D eigenvalue weighted by atomic mass is 16.4. The van der Waals surface area contributed by atoms with Gasteiger partial charge in [0.2, 0.25) is 0 Å². The Hall–Kier alpha value is -3.15. The van der Waals surface area contributed by atoms with Gasteiger partial charge in [0, 0.05) is 17.8 Å². The van der Waals surface area contributed by atoms with Gasteiger partial charge in [-0.2, -0.15) is 0 Å². The minimum absolute atomic E-state index is 0.0779. The monoisotopic (exact) mass is 305 g/mol. The first kappa shape index (κ1) is 13.5. The highest BCUT2D eigenvalue weighted by Gasteiger charge is 2.15. The molecule has 3 heterocycles. The number of pyridine rings is 1. The number of aromatic nitrogens is 4. The zero-order valence-corrected chi connectivity index (χ0v) is 12.5. The third-order valence-electron chi connectivity index (χ3n) is 3.75. The van der Waals surface area contributed by atoms with Gasteiger partial charge in [0.1, 0.15) is 5.65 Å². The van der Waals surface area contributed by atoms with Crippen LogP contribution < -0.4 is 5.32 Å². The lowest BCUT2D eigenvalue weighted by Gasteiger charge is -2.11. The SMILES string of the molecule is C[C@@H](Nc1nnc(-c2c[nH]c3ncccc23)o1)c1ccccc1. The summed E-state index contributed by atoms with van der Waals surface area (Å²) in [5.74, 6) is 0.465. The van der Waals surface area contributed by atoms with Crippen LogP contribution in [0, 0.1) is 0 Å². The largest absolute Gasteiger partial charge is 0.403 e. The van der Waals surface area contributed by atoms with Crippen LogP contribution in [0.2, 0.25) is 0 Å². The minimum Gasteiger partial charge on any atom is -0.403 e. The average Bonchev–Trinajstić information content (AvgIpc) is 3.22. The van der Waals surface area contributed by atoms with Crippen LogP contribution in [-0.2, 0) is 0 Å². The van der Waals surface area contributed by atoms with E-state index in [0.29, 0.717) is 11.9 Å². The van der Waals surface area contributed by atoms with Crippen molar-refractivity contribution in [3.63, 3.8) is 0 Å². The van der Waals surface area contributed by atoms with E-state index in [2.05, 4.69) is 44.5 Å². The summed E-state index contributed by atoms with van der Waals surface area (Å²) in [4.78, 5) is 7.36. The van der Waals surface area contributed by atoms with Crippen molar-refractivity contribution < 1.29 is 4.42 Å². The number of aromatic amines is 1. The van der Waals surface area contributed by atoms with Gasteiger partial charge in [-0.3, -0.25) is 0 Å². The number of fused-ring (bicyclic) bond motifs is 1. The van der Waals surface area contributed by atoms with Gasteiger partial charge in [0.25, 0.3) is 5.89 Å². The molecule has 0 aliphatic carbocycles. The Labute approximate surface area is 132 Å². The summed E-state index contributed by atoms with van der Waals surface area (Å²) in [5.41, 5.74) is 2.80. The molecule has 0 aliphatic rings. The van der Waals surface area contributed by atoms with E-state index in [1.807, 2.05) is 36.5 Å². The van der Waals surface area contributed by atoms with Crippen molar-refractivity contribution in [1.29, 1.82) is 0 Å². The topological polar surface area (TPSA) is 79.6 Å². The molecule has 6 nitrogen and oxygen atoms in total. The number of nitrogens with zero attached hydrogens (tertiary/aromatic N) is 3. The summed E-state index contributed by atoms with van der Waals surface area (Å²) in [7, 11) is 0. The molecule has 23 heavy (non-hydrogen) atoms. The van der Waals surface area contributed by atoms with Crippen molar-refractivity contribution in [2.75, 3.05) is 5.32 Å². The Bertz CT molecular complexity index is 928. The van der Waals surface area contributed by atoms with E-state index in [-0.39, 0.29) is 6.04 Å². The summed E-state index contributed by atoms with van der Waals surface area (Å²) >= 11 is 0. The molecule has 0 aliphatic heterocycles. The molecule has 0 unspecified atom stereocenters. The second-order valence-corrected chi connectivity index (χ2v) is 5.29. The lowest BCUT2D eigenvalue weighted by Crippen LogP contribution is -2.06. The molecule has 0 fully saturated rings. The molecule has 0 saturated carbocycles. The Morgan fingerprint density at radius 2 is 1.96 bits per heavy atom. The molecule has 4 rings (SSSR count). The fraction of sp³-hybridized carbons (Fsp3) is 0.118. The number of nitrogens with one attached hydrogen (secondary N) is 2. The quantitative estimate of drug-likeness (QED) is 0.599. The first-order chi connectivity index (χ1) is 11.3. The van der Waals surface area contributed by atoms with E-state index in [4.69, 9.17) is 4.42 Å². The van der Waals surface area contributed by atoms with Crippen molar-refractivity contribution in [3.05, 3.63) is 60.4 Å². The van der Waals surface area contributed by atoms with Crippen molar-refractivity contribution >= 4 is 17.0 Å². The van der Waals surface area contributed by atoms with Crippen LogP contribution in [0.25, 0.3) is 22.5 Å². The fourth-order valence-electron chi connectivity index (χ4n) is 2.53. The Morgan fingerprint density at radius 1 is 1.09 bits per heavy atom. The van der Waals surface area contributed by atoms with Gasteiger partial charge < -0.3 is 14.7 Å². The highest BCUT2D eigenvalue weighted by molar-refractivity contribution is 5.90. The number of H-pyrrole nitrogens is 1. The van der Waals surface area contributed by atoms with Crippen molar-refractivity contribution in [2.24, 2.45) is 0 Å². The Balaban J connectivity index is 1.60. The van der Waals surface area contributed by atoms with E-state index in [9.17, 15) is 0 Å². The van der Waals surface area contributed by atoms with Gasteiger partial charge in [-0.05, 0) is 24.6 Å². The second-order valence-electron chi connectivity index (χ2n) is 5.29. The van der Waals surface area contributed by atoms with E-state index in [1.54, 1.807) is 6.20 Å². The van der Waals surface area contributed by atoms with Crippen LogP contribution in [0.1, 0.15) is 18.5 Å². The van der Waals surface area contributed by atoms with Crippen LogP contribution in [0.15, 0.2) is 59.3 Å². The molecule has 3 aromatic heterocycles. The van der Waals surface area contributed by atoms with Crippen LogP contribution in [0.3, 0.4) is 0 Å². The second kappa shape index (κ2) is 5.57. The first-order valence-electron chi connectivity index (χ1n) is 7.39. The lowest BCUT2D eigenvalue weighted by atomic mass is 10.1. The van der Waals surface area contributed by atoms with Gasteiger partial charge in [-0.25, -0.2) is 4.98 Å². The summed E-state index contributed by atoms with van der Waals surface area (Å²) in [6.45, 7) is 2.05. The standard InChI is InChI=1S/C17H15N5O/c1-11(12-6-3-2-4-7-12)20-17-22-21-16(23-17)14-10-19-15-13(14)8-5-9-18-15/h2-11H,1H3,(H,18,19)(H,20,22)/t11-/m1/s1. The van der Waals surface area contributed by atoms with E-state index < -0.39 is 0 Å². The summed E-state index contributed by atoms with van der Waals surface area (Å²) in [6.07, 6.45) is 3.57. The van der Waals surface area contributed by atoms with Gasteiger partial charge >= 0.3 is 6.01 Å². The predicted molar refractivity (Wildman–Crippen MR) is 87.9 cm³/mol. The number of rotatable bonds is 4. The van der Waals surface area contributed by atoms with Crippen LogP contribution >= 0.6 is 0 Å². The molecular formula is C17H15N5O. The molecule has 1 aromatic carbocycles. The van der Waals surface area contributed by atoms with Gasteiger partial charge in [-0.1, -0.05) is 35.4 Å². The molecule has 4 aromatic rings. The molecule has 0 radical (unpaired) electrons. The maximum Gasteiger partial charge on any atom is 0.316 e. The maximum atomic E-state index is 5.75. The fourth-order valence-corrected chi connectivity index (χ4v) is 2.53. The number of anilines is 1. The zero-order chi connectivity index (χ0) is 15.6. The van der Waals surface area contributed by atoms with Crippen molar-refractivity contribution in [3.8, 4) is 11.5 Å². The van der Waals surface area contributed by atoms with Crippen molar-refractivity contribution in [1.82, 2.24) is 20.2 Å². The molecule has 2 N–H and O–H groups in total. The minimum atomic E-state index is 0.0779. The van der Waals surface area contributed by atoms with Gasteiger partial charge in [-0.15, -0.1) is 5.10 Å². The molecule has 6 heteroatoms. The van der Waals surface area contributed by atoms with E-state index in [0.717, 1.165) is 22.2 Å². The first-order valence-corrected chi connectivity index (χ1v) is 7.39.